The number of nitrogens with zero attached hydrogens (tertiary/aromatic N) is 1. The molecule has 0 aromatic carbocycles. The van der Waals surface area contributed by atoms with Gasteiger partial charge in [0.1, 0.15) is 5.15 Å². The Bertz CT molecular complexity index is 459. The Morgan fingerprint density at radius 2 is 2.10 bits per heavy atom. The van der Waals surface area contributed by atoms with E-state index in [0.717, 1.165) is 18.5 Å². The highest BCUT2D eigenvalue weighted by Crippen LogP contribution is 2.29. The highest BCUT2D eigenvalue weighted by Gasteiger charge is 2.24. The highest BCUT2D eigenvalue weighted by molar-refractivity contribution is 6.29. The molecule has 4 nitrogen and oxygen atoms in total. The monoisotopic (exact) mass is 296 g/mol. The number of halogens is 1. The minimum absolute atomic E-state index is 0.125. The summed E-state index contributed by atoms with van der Waals surface area (Å²) in [7, 11) is 0. The molecule has 0 bridgehead atoms. The zero-order valence-electron chi connectivity index (χ0n) is 11.7. The third-order valence-corrected chi connectivity index (χ3v) is 4.20. The fraction of sp³-hybridized carbons (Fsp3) is 0.600. The second-order valence-electron chi connectivity index (χ2n) is 5.52. The van der Waals surface area contributed by atoms with Gasteiger partial charge in [-0.2, -0.15) is 0 Å². The van der Waals surface area contributed by atoms with E-state index < -0.39 is 0 Å². The summed E-state index contributed by atoms with van der Waals surface area (Å²) in [6.45, 7) is 2.63. The van der Waals surface area contributed by atoms with Crippen molar-refractivity contribution in [3.05, 3.63) is 28.5 Å². The van der Waals surface area contributed by atoms with Crippen molar-refractivity contribution in [2.24, 2.45) is 11.8 Å². The van der Waals surface area contributed by atoms with E-state index in [1.807, 2.05) is 6.92 Å². The van der Waals surface area contributed by atoms with E-state index in [1.165, 1.54) is 12.8 Å². The van der Waals surface area contributed by atoms with Crippen LogP contribution in [0.1, 0.15) is 41.7 Å². The number of hydrogen-bond donors (Lipinski definition) is 2. The molecular formula is C15H21ClN2O2. The summed E-state index contributed by atoms with van der Waals surface area (Å²) in [6.07, 6.45) is 4.48. The molecule has 1 aliphatic carbocycles. The number of amides is 1. The van der Waals surface area contributed by atoms with Gasteiger partial charge in [-0.25, -0.2) is 4.98 Å². The molecule has 2 rings (SSSR count). The van der Waals surface area contributed by atoms with Crippen LogP contribution in [0.4, 0.5) is 0 Å². The van der Waals surface area contributed by atoms with Crippen molar-refractivity contribution in [1.82, 2.24) is 10.3 Å². The third-order valence-electron chi connectivity index (χ3n) is 4.01. The maximum atomic E-state index is 12.1. The van der Waals surface area contributed by atoms with Crippen molar-refractivity contribution in [2.45, 2.75) is 32.6 Å². The predicted octanol–water partition coefficient (Wildman–Crippen LogP) is 2.57. The lowest BCUT2D eigenvalue weighted by molar-refractivity contribution is 0.0909. The van der Waals surface area contributed by atoms with Gasteiger partial charge in [0.2, 0.25) is 0 Å². The number of carbonyl (C=O) groups is 1. The lowest BCUT2D eigenvalue weighted by Gasteiger charge is -2.30. The average molecular weight is 297 g/mol. The van der Waals surface area contributed by atoms with Crippen molar-refractivity contribution >= 4 is 17.5 Å². The van der Waals surface area contributed by atoms with E-state index in [1.54, 1.807) is 12.1 Å². The van der Waals surface area contributed by atoms with Crippen LogP contribution >= 0.6 is 11.6 Å². The number of pyridine rings is 1. The second-order valence-corrected chi connectivity index (χ2v) is 5.90. The Kier molecular flexibility index (Phi) is 5.38. The van der Waals surface area contributed by atoms with Gasteiger partial charge in [-0.05, 0) is 43.7 Å². The van der Waals surface area contributed by atoms with Crippen LogP contribution < -0.4 is 5.32 Å². The summed E-state index contributed by atoms with van der Waals surface area (Å²) in [5.41, 5.74) is 1.27. The van der Waals surface area contributed by atoms with Gasteiger partial charge in [0.05, 0.1) is 0 Å². The molecule has 0 aliphatic heterocycles. The molecule has 1 amide bonds. The summed E-state index contributed by atoms with van der Waals surface area (Å²) >= 11 is 5.86. The Labute approximate surface area is 124 Å². The molecule has 1 aromatic heterocycles. The minimum atomic E-state index is -0.125. The van der Waals surface area contributed by atoms with E-state index in [4.69, 9.17) is 11.6 Å². The van der Waals surface area contributed by atoms with Crippen molar-refractivity contribution in [2.75, 3.05) is 13.2 Å². The van der Waals surface area contributed by atoms with Gasteiger partial charge < -0.3 is 10.4 Å². The molecule has 0 radical (unpaired) electrons. The van der Waals surface area contributed by atoms with Gasteiger partial charge in [-0.15, -0.1) is 0 Å². The molecule has 5 heteroatoms. The topological polar surface area (TPSA) is 62.2 Å². The number of aromatic nitrogens is 1. The molecule has 2 atom stereocenters. The summed E-state index contributed by atoms with van der Waals surface area (Å²) in [6, 6.07) is 3.31. The maximum absolute atomic E-state index is 12.1. The number of nitrogens with one attached hydrogen (secondary N) is 1. The van der Waals surface area contributed by atoms with E-state index in [9.17, 15) is 9.90 Å². The van der Waals surface area contributed by atoms with Gasteiger partial charge in [0.15, 0.2) is 0 Å². The average Bonchev–Trinajstić information content (AvgIpc) is 2.44. The first-order valence-corrected chi connectivity index (χ1v) is 7.51. The van der Waals surface area contributed by atoms with E-state index in [0.29, 0.717) is 29.1 Å². The molecule has 1 saturated carbocycles. The summed E-state index contributed by atoms with van der Waals surface area (Å²) in [5.74, 6) is 0.558. The van der Waals surface area contributed by atoms with Crippen LogP contribution in [0.2, 0.25) is 5.15 Å². The summed E-state index contributed by atoms with van der Waals surface area (Å²) < 4.78 is 0. The SMILES string of the molecule is Cc1cc(C(=O)NCC2CCCCC2CO)cc(Cl)n1. The zero-order valence-corrected chi connectivity index (χ0v) is 12.5. The van der Waals surface area contributed by atoms with Gasteiger partial charge in [-0.1, -0.05) is 24.4 Å². The van der Waals surface area contributed by atoms with Gasteiger partial charge in [0, 0.05) is 24.4 Å². The number of aryl methyl sites for hydroxylation is 1. The Balaban J connectivity index is 1.94. The highest BCUT2D eigenvalue weighted by atomic mass is 35.5. The van der Waals surface area contributed by atoms with Crippen LogP contribution in [0.15, 0.2) is 12.1 Å². The minimum Gasteiger partial charge on any atom is -0.396 e. The van der Waals surface area contributed by atoms with E-state index in [-0.39, 0.29) is 12.5 Å². The fourth-order valence-electron chi connectivity index (χ4n) is 2.88. The van der Waals surface area contributed by atoms with Crippen molar-refractivity contribution in [1.29, 1.82) is 0 Å². The quantitative estimate of drug-likeness (QED) is 0.840. The molecular weight excluding hydrogens is 276 g/mol. The Morgan fingerprint density at radius 3 is 2.75 bits per heavy atom. The third kappa shape index (κ3) is 3.93. The number of aliphatic hydroxyl groups is 1. The lowest BCUT2D eigenvalue weighted by atomic mass is 9.79. The van der Waals surface area contributed by atoms with E-state index in [2.05, 4.69) is 10.3 Å². The second kappa shape index (κ2) is 7.04. The lowest BCUT2D eigenvalue weighted by Crippen LogP contribution is -2.35. The number of aliphatic hydroxyl groups excluding tert-OH is 1. The normalized spacial score (nSPS) is 22.6. The molecule has 2 N–H and O–H groups in total. The van der Waals surface area contributed by atoms with Gasteiger partial charge in [0.25, 0.3) is 5.91 Å². The van der Waals surface area contributed by atoms with Crippen LogP contribution in [-0.4, -0.2) is 29.1 Å². The summed E-state index contributed by atoms with van der Waals surface area (Å²) in [4.78, 5) is 16.2. The van der Waals surface area contributed by atoms with Crippen LogP contribution in [0.25, 0.3) is 0 Å². The molecule has 0 spiro atoms. The Morgan fingerprint density at radius 1 is 1.40 bits per heavy atom. The van der Waals surface area contributed by atoms with Crippen molar-refractivity contribution < 1.29 is 9.90 Å². The van der Waals surface area contributed by atoms with Gasteiger partial charge >= 0.3 is 0 Å². The number of hydrogen-bond acceptors (Lipinski definition) is 3. The maximum Gasteiger partial charge on any atom is 0.251 e. The fourth-order valence-corrected chi connectivity index (χ4v) is 3.13. The molecule has 1 aromatic rings. The van der Waals surface area contributed by atoms with Crippen molar-refractivity contribution in [3.63, 3.8) is 0 Å². The number of carbonyl (C=O) groups excluding carboxylic acids is 1. The van der Waals surface area contributed by atoms with Crippen molar-refractivity contribution in [3.8, 4) is 0 Å². The van der Waals surface area contributed by atoms with Crippen LogP contribution in [0, 0.1) is 18.8 Å². The first-order chi connectivity index (χ1) is 9.60. The van der Waals surface area contributed by atoms with Gasteiger partial charge in [-0.3, -0.25) is 4.79 Å². The Hall–Kier alpha value is -1.13. The van der Waals surface area contributed by atoms with Crippen LogP contribution in [-0.2, 0) is 0 Å². The molecule has 0 saturated heterocycles. The summed E-state index contributed by atoms with van der Waals surface area (Å²) in [5, 5.41) is 12.7. The standard InChI is InChI=1S/C15H21ClN2O2/c1-10-6-13(7-14(16)18-10)15(20)17-8-11-4-2-3-5-12(11)9-19/h6-7,11-12,19H,2-5,8-9H2,1H3,(H,17,20). The smallest absolute Gasteiger partial charge is 0.251 e. The predicted molar refractivity (Wildman–Crippen MR) is 78.9 cm³/mol. The molecule has 1 fully saturated rings. The van der Waals surface area contributed by atoms with Crippen LogP contribution in [0.3, 0.4) is 0 Å². The van der Waals surface area contributed by atoms with Crippen LogP contribution in [0.5, 0.6) is 0 Å². The first-order valence-electron chi connectivity index (χ1n) is 7.13. The molecule has 2 unspecified atom stereocenters. The first kappa shape index (κ1) is 15.3. The molecule has 1 heterocycles. The molecule has 110 valence electrons. The zero-order chi connectivity index (χ0) is 14.5. The van der Waals surface area contributed by atoms with E-state index >= 15 is 0 Å². The number of rotatable bonds is 4. The molecule has 1 aliphatic rings. The molecule has 20 heavy (non-hydrogen) atoms. The largest absolute Gasteiger partial charge is 0.396 e.